The zero-order valence-corrected chi connectivity index (χ0v) is 6.09. The highest BCUT2D eigenvalue weighted by molar-refractivity contribution is 4.93. The van der Waals surface area contributed by atoms with Gasteiger partial charge in [0.15, 0.2) is 0 Å². The summed E-state index contributed by atoms with van der Waals surface area (Å²) in [6.45, 7) is 1.45. The van der Waals surface area contributed by atoms with Crippen LogP contribution in [0.1, 0.15) is 24.7 Å². The molecule has 1 heterocycles. The number of aromatic nitrogens is 2. The summed E-state index contributed by atoms with van der Waals surface area (Å²) >= 11 is 0. The van der Waals surface area contributed by atoms with E-state index in [0.29, 0.717) is 0 Å². The fourth-order valence-electron chi connectivity index (χ4n) is 0.535. The van der Waals surface area contributed by atoms with Crippen LogP contribution in [-0.4, -0.2) is 10.1 Å². The van der Waals surface area contributed by atoms with Gasteiger partial charge in [0.25, 0.3) is 5.82 Å². The van der Waals surface area contributed by atoms with Crippen LogP contribution in [0.2, 0.25) is 0 Å². The van der Waals surface area contributed by atoms with E-state index in [-0.39, 0.29) is 5.89 Å². The summed E-state index contributed by atoms with van der Waals surface area (Å²) in [7, 11) is 0. The lowest BCUT2D eigenvalue weighted by molar-refractivity contribution is -0.146. The maximum atomic E-state index is 11.8. The molecule has 7 heteroatoms. The Kier molecular flexibility index (Phi) is 2.05. The Labute approximate surface area is 65.5 Å². The number of hydrogen-bond donors (Lipinski definition) is 1. The van der Waals surface area contributed by atoms with Gasteiger partial charge in [0.2, 0.25) is 5.89 Å². The highest BCUT2D eigenvalue weighted by Gasteiger charge is 2.37. The van der Waals surface area contributed by atoms with Gasteiger partial charge in [0, 0.05) is 0 Å². The minimum Gasteiger partial charge on any atom is -0.337 e. The van der Waals surface area contributed by atoms with E-state index in [1.54, 1.807) is 0 Å². The third-order valence-electron chi connectivity index (χ3n) is 1.08. The first-order chi connectivity index (χ1) is 5.41. The molecule has 1 aromatic heterocycles. The molecule has 0 unspecified atom stereocenters. The van der Waals surface area contributed by atoms with Crippen molar-refractivity contribution >= 4 is 0 Å². The molecule has 0 fully saturated rings. The van der Waals surface area contributed by atoms with Crippen molar-refractivity contribution in [1.82, 2.24) is 10.1 Å². The molecular formula is C5H6F3N3O. The molecule has 0 saturated carbocycles. The normalized spacial score (nSPS) is 14.8. The van der Waals surface area contributed by atoms with Crippen LogP contribution >= 0.6 is 0 Å². The molecule has 0 saturated heterocycles. The molecule has 4 nitrogen and oxygen atoms in total. The van der Waals surface area contributed by atoms with Gasteiger partial charge in [-0.05, 0) is 6.92 Å². The lowest BCUT2D eigenvalue weighted by Gasteiger charge is -1.96. The Balaban J connectivity index is 2.92. The van der Waals surface area contributed by atoms with Gasteiger partial charge >= 0.3 is 6.18 Å². The van der Waals surface area contributed by atoms with Crippen LogP contribution in [0.15, 0.2) is 4.52 Å². The average molecular weight is 181 g/mol. The SMILES string of the molecule is C[C@@H](N)c1nc(C(F)(F)F)no1. The first-order valence-corrected chi connectivity index (χ1v) is 3.07. The number of halogens is 3. The van der Waals surface area contributed by atoms with Gasteiger partial charge in [-0.3, -0.25) is 0 Å². The second kappa shape index (κ2) is 2.74. The molecule has 0 aliphatic carbocycles. The molecule has 0 aromatic carbocycles. The smallest absolute Gasteiger partial charge is 0.337 e. The Hall–Kier alpha value is -1.11. The van der Waals surface area contributed by atoms with Crippen molar-refractivity contribution in [3.63, 3.8) is 0 Å². The highest BCUT2D eigenvalue weighted by Crippen LogP contribution is 2.26. The van der Waals surface area contributed by atoms with Crippen molar-refractivity contribution in [2.24, 2.45) is 5.73 Å². The van der Waals surface area contributed by atoms with Crippen LogP contribution in [0.4, 0.5) is 13.2 Å². The van der Waals surface area contributed by atoms with E-state index in [1.807, 2.05) is 0 Å². The zero-order valence-electron chi connectivity index (χ0n) is 6.09. The van der Waals surface area contributed by atoms with E-state index in [4.69, 9.17) is 5.73 Å². The maximum Gasteiger partial charge on any atom is 0.455 e. The van der Waals surface area contributed by atoms with Crippen molar-refractivity contribution in [2.75, 3.05) is 0 Å². The topological polar surface area (TPSA) is 64.9 Å². The van der Waals surface area contributed by atoms with Crippen LogP contribution in [0.3, 0.4) is 0 Å². The van der Waals surface area contributed by atoms with Crippen molar-refractivity contribution in [2.45, 2.75) is 19.1 Å². The van der Waals surface area contributed by atoms with Crippen molar-refractivity contribution in [1.29, 1.82) is 0 Å². The molecule has 12 heavy (non-hydrogen) atoms. The number of nitrogens with two attached hydrogens (primary N) is 1. The monoisotopic (exact) mass is 181 g/mol. The quantitative estimate of drug-likeness (QED) is 0.704. The van der Waals surface area contributed by atoms with Crippen molar-refractivity contribution in [3.8, 4) is 0 Å². The fraction of sp³-hybridized carbons (Fsp3) is 0.600. The van der Waals surface area contributed by atoms with E-state index in [1.165, 1.54) is 6.92 Å². The number of hydrogen-bond acceptors (Lipinski definition) is 4. The highest BCUT2D eigenvalue weighted by atomic mass is 19.4. The second-order valence-electron chi connectivity index (χ2n) is 2.24. The second-order valence-corrected chi connectivity index (χ2v) is 2.24. The van der Waals surface area contributed by atoms with Gasteiger partial charge in [-0.25, -0.2) is 0 Å². The first kappa shape index (κ1) is 8.98. The van der Waals surface area contributed by atoms with Gasteiger partial charge in [-0.15, -0.1) is 0 Å². The summed E-state index contributed by atoms with van der Waals surface area (Å²) in [5, 5.41) is 2.72. The largest absolute Gasteiger partial charge is 0.455 e. The molecule has 1 aromatic rings. The Bertz CT molecular complexity index is 267. The molecule has 0 spiro atoms. The summed E-state index contributed by atoms with van der Waals surface area (Å²) < 4.78 is 39.8. The lowest BCUT2D eigenvalue weighted by atomic mass is 10.4. The summed E-state index contributed by atoms with van der Waals surface area (Å²) in [5.41, 5.74) is 5.21. The Morgan fingerprint density at radius 3 is 2.33 bits per heavy atom. The summed E-state index contributed by atoms with van der Waals surface area (Å²) in [6, 6.07) is -0.686. The van der Waals surface area contributed by atoms with Crippen molar-refractivity contribution in [3.05, 3.63) is 11.7 Å². The van der Waals surface area contributed by atoms with E-state index < -0.39 is 18.0 Å². The predicted octanol–water partition coefficient (Wildman–Crippen LogP) is 1.11. The molecule has 1 atom stereocenters. The minimum atomic E-state index is -4.57. The lowest BCUT2D eigenvalue weighted by Crippen LogP contribution is -2.09. The molecule has 0 amide bonds. The molecular weight excluding hydrogens is 175 g/mol. The Morgan fingerprint density at radius 2 is 2.08 bits per heavy atom. The van der Waals surface area contributed by atoms with Crippen molar-refractivity contribution < 1.29 is 17.7 Å². The van der Waals surface area contributed by atoms with Gasteiger partial charge in [-0.1, -0.05) is 5.16 Å². The van der Waals surface area contributed by atoms with Crippen LogP contribution < -0.4 is 5.73 Å². The summed E-state index contributed by atoms with van der Waals surface area (Å²) in [6.07, 6.45) is -4.57. The van der Waals surface area contributed by atoms with Crippen LogP contribution in [0.25, 0.3) is 0 Å². The van der Waals surface area contributed by atoms with Crippen LogP contribution in [0.5, 0.6) is 0 Å². The van der Waals surface area contributed by atoms with Crippen LogP contribution in [0, 0.1) is 0 Å². The molecule has 2 N–H and O–H groups in total. The van der Waals surface area contributed by atoms with Gasteiger partial charge in [-0.2, -0.15) is 18.2 Å². The Morgan fingerprint density at radius 1 is 1.50 bits per heavy atom. The summed E-state index contributed by atoms with van der Waals surface area (Å²) in [4.78, 5) is 3.05. The summed E-state index contributed by atoms with van der Waals surface area (Å²) in [5.74, 6) is -1.52. The first-order valence-electron chi connectivity index (χ1n) is 3.07. The predicted molar refractivity (Wildman–Crippen MR) is 31.9 cm³/mol. The van der Waals surface area contributed by atoms with Gasteiger partial charge in [0.05, 0.1) is 6.04 Å². The molecule has 0 radical (unpaired) electrons. The minimum absolute atomic E-state index is 0.220. The molecule has 68 valence electrons. The molecule has 0 bridgehead atoms. The maximum absolute atomic E-state index is 11.8. The van der Waals surface area contributed by atoms with E-state index in [9.17, 15) is 13.2 Å². The standard InChI is InChI=1S/C5H6F3N3O/c1-2(9)3-10-4(11-12-3)5(6,7)8/h2H,9H2,1H3/t2-/m1/s1. The van der Waals surface area contributed by atoms with E-state index >= 15 is 0 Å². The fourth-order valence-corrected chi connectivity index (χ4v) is 0.535. The van der Waals surface area contributed by atoms with E-state index in [2.05, 4.69) is 14.7 Å². The van der Waals surface area contributed by atoms with Gasteiger partial charge in [0.1, 0.15) is 0 Å². The van der Waals surface area contributed by atoms with E-state index in [0.717, 1.165) is 0 Å². The molecule has 1 rings (SSSR count). The number of rotatable bonds is 1. The third-order valence-corrected chi connectivity index (χ3v) is 1.08. The average Bonchev–Trinajstić information content (AvgIpc) is 2.30. The third kappa shape index (κ3) is 1.73. The zero-order chi connectivity index (χ0) is 9.35. The van der Waals surface area contributed by atoms with Gasteiger partial charge < -0.3 is 10.3 Å². The molecule has 0 aliphatic rings. The molecule has 0 aliphatic heterocycles. The number of alkyl halides is 3. The van der Waals surface area contributed by atoms with Crippen LogP contribution in [-0.2, 0) is 6.18 Å². The number of nitrogens with zero attached hydrogens (tertiary/aromatic N) is 2.